The van der Waals surface area contributed by atoms with Gasteiger partial charge < -0.3 is 9.84 Å². The predicted octanol–water partition coefficient (Wildman–Crippen LogP) is 2.43. The van der Waals surface area contributed by atoms with Crippen molar-refractivity contribution < 1.29 is 9.84 Å². The van der Waals surface area contributed by atoms with E-state index in [-0.39, 0.29) is 6.61 Å². The molecule has 0 fully saturated rings. The van der Waals surface area contributed by atoms with Crippen molar-refractivity contribution in [2.45, 2.75) is 13.0 Å². The maximum Gasteiger partial charge on any atom is 0.224 e. The molecule has 4 nitrogen and oxygen atoms in total. The van der Waals surface area contributed by atoms with Gasteiger partial charge in [-0.05, 0) is 29.8 Å². The predicted molar refractivity (Wildman–Crippen MR) is 66.0 cm³/mol. The van der Waals surface area contributed by atoms with Crippen LogP contribution in [0.25, 0.3) is 0 Å². The lowest BCUT2D eigenvalue weighted by Crippen LogP contribution is -1.94. The minimum Gasteiger partial charge on any atom is -0.439 e. The second kappa shape index (κ2) is 5.80. The molecule has 2 rings (SSSR count). The Hall–Kier alpha value is -2.38. The Morgan fingerprint density at radius 3 is 2.67 bits per heavy atom. The third-order valence-electron chi connectivity index (χ3n) is 2.44. The van der Waals surface area contributed by atoms with Crippen LogP contribution in [0.4, 0.5) is 0 Å². The topological polar surface area (TPSA) is 66.1 Å². The lowest BCUT2D eigenvalue weighted by Gasteiger charge is -2.08. The van der Waals surface area contributed by atoms with Gasteiger partial charge in [0.25, 0.3) is 0 Å². The van der Waals surface area contributed by atoms with Crippen LogP contribution >= 0.6 is 0 Å². The number of aromatic nitrogens is 1. The number of aliphatic hydroxyl groups is 1. The maximum absolute atomic E-state index is 9.15. The van der Waals surface area contributed by atoms with Gasteiger partial charge in [0, 0.05) is 11.8 Å². The highest BCUT2D eigenvalue weighted by Crippen LogP contribution is 2.23. The normalized spacial score (nSPS) is 9.78. The number of rotatable bonds is 4. The number of ether oxygens (including phenoxy) is 1. The molecule has 0 saturated heterocycles. The molecule has 0 aliphatic rings. The molecular formula is C14H12N2O2. The summed E-state index contributed by atoms with van der Waals surface area (Å²) in [6.45, 7) is -0.115. The highest BCUT2D eigenvalue weighted by molar-refractivity contribution is 5.34. The number of benzene rings is 1. The largest absolute Gasteiger partial charge is 0.439 e. The van der Waals surface area contributed by atoms with E-state index >= 15 is 0 Å². The molecule has 18 heavy (non-hydrogen) atoms. The molecule has 0 unspecified atom stereocenters. The van der Waals surface area contributed by atoms with Gasteiger partial charge in [-0.3, -0.25) is 0 Å². The van der Waals surface area contributed by atoms with Crippen LogP contribution in [0.5, 0.6) is 11.6 Å². The summed E-state index contributed by atoms with van der Waals surface area (Å²) in [4.78, 5) is 4.07. The second-order valence-electron chi connectivity index (χ2n) is 3.71. The van der Waals surface area contributed by atoms with Crippen molar-refractivity contribution in [1.29, 1.82) is 5.26 Å². The van der Waals surface area contributed by atoms with E-state index in [1.165, 1.54) is 0 Å². The zero-order valence-corrected chi connectivity index (χ0v) is 9.71. The maximum atomic E-state index is 9.15. The van der Waals surface area contributed by atoms with E-state index in [0.717, 1.165) is 5.56 Å². The van der Waals surface area contributed by atoms with Crippen molar-refractivity contribution >= 4 is 0 Å². The van der Waals surface area contributed by atoms with E-state index in [1.807, 2.05) is 12.1 Å². The lowest BCUT2D eigenvalue weighted by atomic mass is 10.2. The zero-order valence-electron chi connectivity index (χ0n) is 9.71. The molecule has 1 aromatic carbocycles. The number of hydrogen-bond donors (Lipinski definition) is 1. The van der Waals surface area contributed by atoms with Gasteiger partial charge in [-0.1, -0.05) is 12.1 Å². The van der Waals surface area contributed by atoms with Crippen molar-refractivity contribution in [3.05, 3.63) is 53.7 Å². The number of nitriles is 1. The molecule has 4 heteroatoms. The summed E-state index contributed by atoms with van der Waals surface area (Å²) in [6, 6.07) is 12.8. The van der Waals surface area contributed by atoms with E-state index in [2.05, 4.69) is 11.1 Å². The Bertz CT molecular complexity index is 559. The first-order valence-electron chi connectivity index (χ1n) is 5.52. The molecule has 1 aromatic heterocycles. The van der Waals surface area contributed by atoms with Crippen LogP contribution < -0.4 is 4.74 Å². The molecule has 1 heterocycles. The number of pyridine rings is 1. The molecule has 0 saturated carbocycles. The number of aliphatic hydroxyl groups excluding tert-OH is 1. The first-order chi connectivity index (χ1) is 8.83. The molecule has 1 N–H and O–H groups in total. The van der Waals surface area contributed by atoms with Gasteiger partial charge in [0.2, 0.25) is 5.88 Å². The first kappa shape index (κ1) is 12.1. The van der Waals surface area contributed by atoms with E-state index in [4.69, 9.17) is 15.1 Å². The Labute approximate surface area is 105 Å². The summed E-state index contributed by atoms with van der Waals surface area (Å²) in [5.41, 5.74) is 1.58. The molecular weight excluding hydrogens is 228 g/mol. The monoisotopic (exact) mass is 240 g/mol. The summed E-state index contributed by atoms with van der Waals surface area (Å²) in [5.74, 6) is 1.03. The van der Waals surface area contributed by atoms with Gasteiger partial charge in [-0.15, -0.1) is 0 Å². The minimum atomic E-state index is -0.115. The highest BCUT2D eigenvalue weighted by Gasteiger charge is 2.04. The van der Waals surface area contributed by atoms with Crippen LogP contribution in [0.1, 0.15) is 11.1 Å². The Morgan fingerprint density at radius 2 is 2.00 bits per heavy atom. The standard InChI is InChI=1S/C14H12N2O2/c15-8-7-11-3-5-13(6-4-11)18-14-12(10-17)2-1-9-16-14/h1-6,9,17H,7,10H2. The summed E-state index contributed by atoms with van der Waals surface area (Å²) < 4.78 is 5.58. The van der Waals surface area contributed by atoms with Gasteiger partial charge in [0.1, 0.15) is 5.75 Å². The average molecular weight is 240 g/mol. The van der Waals surface area contributed by atoms with Crippen molar-refractivity contribution in [2.24, 2.45) is 0 Å². The molecule has 90 valence electrons. The van der Waals surface area contributed by atoms with Crippen LogP contribution in [0.3, 0.4) is 0 Å². The second-order valence-corrected chi connectivity index (χ2v) is 3.71. The minimum absolute atomic E-state index is 0.115. The molecule has 0 amide bonds. The van der Waals surface area contributed by atoms with Gasteiger partial charge in [0.05, 0.1) is 19.1 Å². The van der Waals surface area contributed by atoms with E-state index in [9.17, 15) is 0 Å². The van der Waals surface area contributed by atoms with Gasteiger partial charge in [0.15, 0.2) is 0 Å². The van der Waals surface area contributed by atoms with Crippen molar-refractivity contribution in [1.82, 2.24) is 4.98 Å². The molecule has 0 spiro atoms. The van der Waals surface area contributed by atoms with Crippen molar-refractivity contribution in [2.75, 3.05) is 0 Å². The van der Waals surface area contributed by atoms with Gasteiger partial charge >= 0.3 is 0 Å². The molecule has 0 bridgehead atoms. The Morgan fingerprint density at radius 1 is 1.22 bits per heavy atom. The van der Waals surface area contributed by atoms with Crippen LogP contribution in [-0.4, -0.2) is 10.1 Å². The van der Waals surface area contributed by atoms with E-state index in [1.54, 1.807) is 30.5 Å². The molecule has 0 aliphatic heterocycles. The number of hydrogen-bond acceptors (Lipinski definition) is 4. The molecule has 2 aromatic rings. The van der Waals surface area contributed by atoms with Crippen LogP contribution in [0.15, 0.2) is 42.6 Å². The smallest absolute Gasteiger partial charge is 0.224 e. The van der Waals surface area contributed by atoms with Crippen LogP contribution in [0, 0.1) is 11.3 Å². The SMILES string of the molecule is N#CCc1ccc(Oc2ncccc2CO)cc1. The Kier molecular flexibility index (Phi) is 3.90. The fourth-order valence-electron chi connectivity index (χ4n) is 1.51. The fourth-order valence-corrected chi connectivity index (χ4v) is 1.51. The van der Waals surface area contributed by atoms with E-state index in [0.29, 0.717) is 23.6 Å². The summed E-state index contributed by atoms with van der Waals surface area (Å²) in [7, 11) is 0. The summed E-state index contributed by atoms with van der Waals surface area (Å²) in [6.07, 6.45) is 1.99. The van der Waals surface area contributed by atoms with Crippen molar-refractivity contribution in [3.63, 3.8) is 0 Å². The van der Waals surface area contributed by atoms with Crippen molar-refractivity contribution in [3.8, 4) is 17.7 Å². The van der Waals surface area contributed by atoms with Crippen LogP contribution in [-0.2, 0) is 13.0 Å². The Balaban J connectivity index is 2.16. The lowest BCUT2D eigenvalue weighted by molar-refractivity contribution is 0.275. The quantitative estimate of drug-likeness (QED) is 0.891. The third-order valence-corrected chi connectivity index (χ3v) is 2.44. The summed E-state index contributed by atoms with van der Waals surface area (Å²) >= 11 is 0. The van der Waals surface area contributed by atoms with Crippen LogP contribution in [0.2, 0.25) is 0 Å². The third kappa shape index (κ3) is 2.84. The van der Waals surface area contributed by atoms with Gasteiger partial charge in [-0.2, -0.15) is 5.26 Å². The zero-order chi connectivity index (χ0) is 12.8. The first-order valence-corrected chi connectivity index (χ1v) is 5.52. The molecule has 0 radical (unpaired) electrons. The molecule has 0 aliphatic carbocycles. The van der Waals surface area contributed by atoms with E-state index < -0.39 is 0 Å². The van der Waals surface area contributed by atoms with Gasteiger partial charge in [-0.25, -0.2) is 4.98 Å². The fraction of sp³-hybridized carbons (Fsp3) is 0.143. The average Bonchev–Trinajstić information content (AvgIpc) is 2.42. The number of nitrogens with zero attached hydrogens (tertiary/aromatic N) is 2. The summed E-state index contributed by atoms with van der Waals surface area (Å²) in [5, 5.41) is 17.7. The highest BCUT2D eigenvalue weighted by atomic mass is 16.5. The molecule has 0 atom stereocenters.